The smallest absolute Gasteiger partial charge is 0.244 e. The minimum Gasteiger partial charge on any atom is -0.344 e. The van der Waals surface area contributed by atoms with E-state index in [0.29, 0.717) is 17.5 Å². The van der Waals surface area contributed by atoms with Crippen molar-refractivity contribution in [2.75, 3.05) is 11.6 Å². The minimum absolute atomic E-state index is 0.101. The zero-order valence-corrected chi connectivity index (χ0v) is 13.3. The Kier molecular flexibility index (Phi) is 4.66. The molecule has 1 aliphatic carbocycles. The molecule has 2 fully saturated rings. The first kappa shape index (κ1) is 15.3. The van der Waals surface area contributed by atoms with E-state index in [0.717, 1.165) is 25.7 Å². The summed E-state index contributed by atoms with van der Waals surface area (Å²) < 4.78 is 4.69. The molecule has 0 bridgehead atoms. The predicted octanol–water partition coefficient (Wildman–Crippen LogP) is 1.34. The van der Waals surface area contributed by atoms with E-state index < -0.39 is 6.04 Å². The van der Waals surface area contributed by atoms with Gasteiger partial charge in [-0.1, -0.05) is 18.0 Å². The van der Waals surface area contributed by atoms with E-state index in [1.807, 2.05) is 0 Å². The number of nitrogens with zero attached hydrogens (tertiary/aromatic N) is 3. The van der Waals surface area contributed by atoms with Crippen LogP contribution < -0.4 is 5.32 Å². The van der Waals surface area contributed by atoms with Gasteiger partial charge in [-0.05, 0) is 19.8 Å². The van der Waals surface area contributed by atoms with Crippen LogP contribution in [0.25, 0.3) is 0 Å². The summed E-state index contributed by atoms with van der Waals surface area (Å²) in [7, 11) is 0. The fourth-order valence-corrected chi connectivity index (χ4v) is 4.19. The quantitative estimate of drug-likeness (QED) is 0.899. The number of carbonyl (C=O) groups excluding carboxylic acids is 2. The third-order valence-corrected chi connectivity index (χ3v) is 5.31. The molecule has 120 valence electrons. The fourth-order valence-electron chi connectivity index (χ4n) is 3.03. The number of carbonyl (C=O) groups is 2. The van der Waals surface area contributed by atoms with Gasteiger partial charge >= 0.3 is 0 Å². The van der Waals surface area contributed by atoms with Gasteiger partial charge in [0.1, 0.15) is 6.04 Å². The van der Waals surface area contributed by atoms with Crippen molar-refractivity contribution in [1.82, 2.24) is 20.4 Å². The highest BCUT2D eigenvalue weighted by Gasteiger charge is 2.38. The van der Waals surface area contributed by atoms with E-state index in [9.17, 15) is 9.59 Å². The summed E-state index contributed by atoms with van der Waals surface area (Å²) in [5, 5.41) is 6.59. The van der Waals surface area contributed by atoms with Crippen LogP contribution in [-0.2, 0) is 9.59 Å². The molecule has 22 heavy (non-hydrogen) atoms. The molecule has 8 heteroatoms. The average molecular weight is 324 g/mol. The average Bonchev–Trinajstić information content (AvgIpc) is 3.27. The molecule has 1 aromatic heterocycles. The Morgan fingerprint density at radius 1 is 1.45 bits per heavy atom. The number of rotatable bonds is 4. The van der Waals surface area contributed by atoms with Gasteiger partial charge in [-0.3, -0.25) is 9.59 Å². The second-order valence-corrected chi connectivity index (χ2v) is 6.82. The fraction of sp³-hybridized carbons (Fsp3) is 0.714. The Morgan fingerprint density at radius 3 is 2.91 bits per heavy atom. The molecule has 1 saturated heterocycles. The van der Waals surface area contributed by atoms with Crippen molar-refractivity contribution >= 4 is 23.6 Å². The summed E-state index contributed by atoms with van der Waals surface area (Å²) in [6.07, 6.45) is 5.37. The highest BCUT2D eigenvalue weighted by Crippen LogP contribution is 2.31. The molecule has 2 aliphatic rings. The molecular formula is C14H20N4O3S. The van der Waals surface area contributed by atoms with Crippen molar-refractivity contribution in [3.63, 3.8) is 0 Å². The monoisotopic (exact) mass is 324 g/mol. The molecular weight excluding hydrogens is 304 g/mol. The van der Waals surface area contributed by atoms with E-state index in [-0.39, 0.29) is 23.8 Å². The normalized spacial score (nSPS) is 23.7. The summed E-state index contributed by atoms with van der Waals surface area (Å²) in [6.45, 7) is 1.80. The van der Waals surface area contributed by atoms with Crippen LogP contribution in [0.15, 0.2) is 10.9 Å². The van der Waals surface area contributed by atoms with E-state index >= 15 is 0 Å². The lowest BCUT2D eigenvalue weighted by Gasteiger charge is -2.26. The van der Waals surface area contributed by atoms with Gasteiger partial charge in [-0.15, -0.1) is 11.8 Å². The third-order valence-electron chi connectivity index (χ3n) is 4.30. The lowest BCUT2D eigenvalue weighted by atomic mass is 10.1. The minimum atomic E-state index is -0.396. The molecule has 0 spiro atoms. The first-order valence-electron chi connectivity index (χ1n) is 7.61. The van der Waals surface area contributed by atoms with Crippen LogP contribution >= 0.6 is 11.8 Å². The topological polar surface area (TPSA) is 88.3 Å². The zero-order chi connectivity index (χ0) is 15.5. The molecule has 1 saturated carbocycles. The Balaban J connectivity index is 1.62. The lowest BCUT2D eigenvalue weighted by Crippen LogP contribution is -2.49. The van der Waals surface area contributed by atoms with Gasteiger partial charge in [0.2, 0.25) is 18.2 Å². The van der Waals surface area contributed by atoms with Gasteiger partial charge in [0.05, 0.1) is 11.9 Å². The van der Waals surface area contributed by atoms with Gasteiger partial charge in [-0.25, -0.2) is 0 Å². The molecule has 1 aliphatic heterocycles. The van der Waals surface area contributed by atoms with Crippen molar-refractivity contribution in [1.29, 1.82) is 0 Å². The standard InChI is InChI=1S/C14H20N4O3S/c1-9(12-15-7-21-17-12)16-13(19)11-6-22-8-18(11)14(20)10-4-2-3-5-10/h7,9-11H,2-6,8H2,1H3,(H,16,19)/t9-,11+/m0/s1. The second kappa shape index (κ2) is 6.68. The molecule has 0 unspecified atom stereocenters. The van der Waals surface area contributed by atoms with Crippen molar-refractivity contribution < 1.29 is 14.1 Å². The molecule has 2 heterocycles. The van der Waals surface area contributed by atoms with Gasteiger partial charge in [0, 0.05) is 11.7 Å². The second-order valence-electron chi connectivity index (χ2n) is 5.82. The number of hydrogen-bond donors (Lipinski definition) is 1. The zero-order valence-electron chi connectivity index (χ0n) is 12.5. The van der Waals surface area contributed by atoms with Gasteiger partial charge in [-0.2, -0.15) is 4.98 Å². The maximum absolute atomic E-state index is 12.6. The highest BCUT2D eigenvalue weighted by molar-refractivity contribution is 7.99. The summed E-state index contributed by atoms with van der Waals surface area (Å²) in [5.41, 5.74) is 0. The number of nitrogens with one attached hydrogen (secondary N) is 1. The summed E-state index contributed by atoms with van der Waals surface area (Å²) in [5.74, 6) is 1.77. The van der Waals surface area contributed by atoms with E-state index in [2.05, 4.69) is 20.0 Å². The maximum Gasteiger partial charge on any atom is 0.244 e. The van der Waals surface area contributed by atoms with E-state index in [1.54, 1.807) is 23.6 Å². The number of aromatic nitrogens is 2. The first-order valence-corrected chi connectivity index (χ1v) is 8.77. The van der Waals surface area contributed by atoms with E-state index in [1.165, 1.54) is 6.39 Å². The lowest BCUT2D eigenvalue weighted by molar-refractivity contribution is -0.141. The maximum atomic E-state index is 12.6. The largest absolute Gasteiger partial charge is 0.344 e. The molecule has 1 aromatic rings. The molecule has 0 radical (unpaired) electrons. The van der Waals surface area contributed by atoms with Crippen LogP contribution in [0.2, 0.25) is 0 Å². The van der Waals surface area contributed by atoms with Crippen LogP contribution in [0, 0.1) is 5.92 Å². The molecule has 2 atom stereocenters. The number of amides is 2. The Hall–Kier alpha value is -1.57. The Bertz CT molecular complexity index is 530. The number of hydrogen-bond acceptors (Lipinski definition) is 6. The molecule has 7 nitrogen and oxygen atoms in total. The third kappa shape index (κ3) is 3.11. The molecule has 1 N–H and O–H groups in total. The van der Waals surface area contributed by atoms with Crippen molar-refractivity contribution in [2.45, 2.75) is 44.7 Å². The molecule has 2 amide bonds. The highest BCUT2D eigenvalue weighted by atomic mass is 32.2. The first-order chi connectivity index (χ1) is 10.7. The van der Waals surface area contributed by atoms with Crippen LogP contribution in [-0.4, -0.2) is 44.5 Å². The van der Waals surface area contributed by atoms with Crippen molar-refractivity contribution in [2.24, 2.45) is 5.92 Å². The molecule has 3 rings (SSSR count). The summed E-state index contributed by atoms with van der Waals surface area (Å²) in [6, 6.07) is -0.729. The summed E-state index contributed by atoms with van der Waals surface area (Å²) >= 11 is 1.62. The van der Waals surface area contributed by atoms with Crippen molar-refractivity contribution in [3.8, 4) is 0 Å². The van der Waals surface area contributed by atoms with Gasteiger partial charge in [0.25, 0.3) is 0 Å². The van der Waals surface area contributed by atoms with Crippen LogP contribution in [0.4, 0.5) is 0 Å². The van der Waals surface area contributed by atoms with E-state index in [4.69, 9.17) is 0 Å². The Morgan fingerprint density at radius 2 is 2.23 bits per heavy atom. The number of thioether (sulfide) groups is 1. The van der Waals surface area contributed by atoms with Crippen LogP contribution in [0.3, 0.4) is 0 Å². The SMILES string of the molecule is C[C@H](NC(=O)[C@H]1CSCN1C(=O)C1CCCC1)c1ncon1. The van der Waals surface area contributed by atoms with Gasteiger partial charge < -0.3 is 14.7 Å². The summed E-state index contributed by atoms with van der Waals surface area (Å²) in [4.78, 5) is 30.7. The Labute approximate surface area is 133 Å². The van der Waals surface area contributed by atoms with Crippen LogP contribution in [0.5, 0.6) is 0 Å². The van der Waals surface area contributed by atoms with Crippen molar-refractivity contribution in [3.05, 3.63) is 12.2 Å². The predicted molar refractivity (Wildman–Crippen MR) is 80.8 cm³/mol. The van der Waals surface area contributed by atoms with Crippen LogP contribution in [0.1, 0.15) is 44.5 Å². The van der Waals surface area contributed by atoms with Gasteiger partial charge in [0.15, 0.2) is 5.82 Å². The molecule has 0 aromatic carbocycles.